The Bertz CT molecular complexity index is 834. The molecule has 166 valence electrons. The summed E-state index contributed by atoms with van der Waals surface area (Å²) >= 11 is 1.64. The van der Waals surface area contributed by atoms with E-state index in [1.54, 1.807) is 11.3 Å². The van der Waals surface area contributed by atoms with Gasteiger partial charge in [-0.05, 0) is 36.3 Å². The molecule has 1 saturated heterocycles. The Hall–Kier alpha value is -2.71. The van der Waals surface area contributed by atoms with Gasteiger partial charge >= 0.3 is 6.03 Å². The van der Waals surface area contributed by atoms with E-state index in [-0.39, 0.29) is 18.4 Å². The molecule has 1 aliphatic heterocycles. The van der Waals surface area contributed by atoms with Gasteiger partial charge in [-0.3, -0.25) is 19.8 Å². The lowest BCUT2D eigenvalue weighted by molar-refractivity contribution is -0.133. The van der Waals surface area contributed by atoms with Crippen molar-refractivity contribution in [3.05, 3.63) is 58.3 Å². The summed E-state index contributed by atoms with van der Waals surface area (Å²) < 4.78 is 0. The molecule has 0 saturated carbocycles. The molecule has 0 bridgehead atoms. The van der Waals surface area contributed by atoms with Gasteiger partial charge in [-0.2, -0.15) is 0 Å². The van der Waals surface area contributed by atoms with Crippen LogP contribution in [0.3, 0.4) is 0 Å². The van der Waals surface area contributed by atoms with E-state index in [2.05, 4.69) is 22.8 Å². The summed E-state index contributed by atoms with van der Waals surface area (Å²) in [5.74, 6) is -0.151. The number of piperazine rings is 1. The van der Waals surface area contributed by atoms with Crippen LogP contribution in [0, 0.1) is 0 Å². The predicted octanol–water partition coefficient (Wildman–Crippen LogP) is 2.28. The summed E-state index contributed by atoms with van der Waals surface area (Å²) in [6.07, 6.45) is 3.04. The third-order valence-corrected chi connectivity index (χ3v) is 6.22. The monoisotopic (exact) mass is 442 g/mol. The molecule has 2 aromatic rings. The Labute approximate surface area is 187 Å². The van der Waals surface area contributed by atoms with Crippen LogP contribution in [0.2, 0.25) is 0 Å². The first-order valence-electron chi connectivity index (χ1n) is 10.7. The van der Waals surface area contributed by atoms with E-state index < -0.39 is 6.03 Å². The highest BCUT2D eigenvalue weighted by atomic mass is 32.1. The molecule has 2 N–H and O–H groups in total. The van der Waals surface area contributed by atoms with E-state index in [4.69, 9.17) is 0 Å². The summed E-state index contributed by atoms with van der Waals surface area (Å²) in [5.41, 5.74) is 1.25. The fourth-order valence-corrected chi connectivity index (χ4v) is 4.28. The molecule has 4 amide bonds. The van der Waals surface area contributed by atoms with Gasteiger partial charge in [-0.25, -0.2) is 4.79 Å². The SMILES string of the molecule is O=C(CN1CCN(C(=O)CCCc2ccccc2)CC1)NC(=O)NCCc1cccs1. The summed E-state index contributed by atoms with van der Waals surface area (Å²) in [6.45, 7) is 3.16. The van der Waals surface area contributed by atoms with Crippen LogP contribution in [0.15, 0.2) is 47.8 Å². The van der Waals surface area contributed by atoms with E-state index in [0.717, 1.165) is 19.3 Å². The number of benzene rings is 1. The molecule has 1 aromatic heterocycles. The number of hydrogen-bond donors (Lipinski definition) is 2. The fraction of sp³-hybridized carbons (Fsp3) is 0.435. The molecular formula is C23H30N4O3S. The normalized spacial score (nSPS) is 14.3. The largest absolute Gasteiger partial charge is 0.340 e. The molecule has 0 atom stereocenters. The van der Waals surface area contributed by atoms with Gasteiger partial charge in [-0.1, -0.05) is 36.4 Å². The zero-order valence-corrected chi connectivity index (χ0v) is 18.5. The van der Waals surface area contributed by atoms with Crippen LogP contribution in [0.5, 0.6) is 0 Å². The predicted molar refractivity (Wildman–Crippen MR) is 122 cm³/mol. The fourth-order valence-electron chi connectivity index (χ4n) is 3.57. The summed E-state index contributed by atoms with van der Waals surface area (Å²) in [6, 6.07) is 13.7. The molecule has 1 fully saturated rings. The lowest BCUT2D eigenvalue weighted by Crippen LogP contribution is -2.52. The van der Waals surface area contributed by atoms with Crippen molar-refractivity contribution < 1.29 is 14.4 Å². The Morgan fingerprint density at radius 1 is 0.935 bits per heavy atom. The van der Waals surface area contributed by atoms with Gasteiger partial charge in [-0.15, -0.1) is 11.3 Å². The zero-order chi connectivity index (χ0) is 21.9. The molecule has 0 unspecified atom stereocenters. The Kier molecular flexibility index (Phi) is 9.05. The van der Waals surface area contributed by atoms with E-state index in [1.807, 2.05) is 45.5 Å². The van der Waals surface area contributed by atoms with Crippen molar-refractivity contribution in [3.8, 4) is 0 Å². The van der Waals surface area contributed by atoms with Crippen molar-refractivity contribution in [1.29, 1.82) is 0 Å². The Balaban J connectivity index is 1.27. The van der Waals surface area contributed by atoms with Crippen molar-refractivity contribution in [3.63, 3.8) is 0 Å². The Morgan fingerprint density at radius 2 is 1.71 bits per heavy atom. The van der Waals surface area contributed by atoms with Gasteiger partial charge in [0.25, 0.3) is 0 Å². The summed E-state index contributed by atoms with van der Waals surface area (Å²) in [4.78, 5) is 41.4. The van der Waals surface area contributed by atoms with Crippen molar-refractivity contribution in [2.75, 3.05) is 39.3 Å². The maximum atomic E-state index is 12.4. The number of nitrogens with zero attached hydrogens (tertiary/aromatic N) is 2. The first-order chi connectivity index (χ1) is 15.1. The van der Waals surface area contributed by atoms with Crippen LogP contribution in [-0.2, 0) is 22.4 Å². The van der Waals surface area contributed by atoms with Crippen LogP contribution in [-0.4, -0.2) is 66.9 Å². The minimum Gasteiger partial charge on any atom is -0.340 e. The maximum Gasteiger partial charge on any atom is 0.321 e. The van der Waals surface area contributed by atoms with Gasteiger partial charge in [0, 0.05) is 44.0 Å². The van der Waals surface area contributed by atoms with Crippen molar-refractivity contribution >= 4 is 29.2 Å². The molecule has 7 nitrogen and oxygen atoms in total. The van der Waals surface area contributed by atoms with Gasteiger partial charge in [0.2, 0.25) is 11.8 Å². The van der Waals surface area contributed by atoms with Crippen molar-refractivity contribution in [2.24, 2.45) is 0 Å². The number of urea groups is 1. The third-order valence-electron chi connectivity index (χ3n) is 5.28. The first-order valence-corrected chi connectivity index (χ1v) is 11.6. The van der Waals surface area contributed by atoms with Crippen LogP contribution in [0.25, 0.3) is 0 Å². The molecule has 1 aliphatic rings. The second-order valence-electron chi connectivity index (χ2n) is 7.63. The second kappa shape index (κ2) is 12.2. The lowest BCUT2D eigenvalue weighted by Gasteiger charge is -2.34. The van der Waals surface area contributed by atoms with Crippen LogP contribution in [0.4, 0.5) is 4.79 Å². The van der Waals surface area contributed by atoms with Gasteiger partial charge in [0.15, 0.2) is 0 Å². The maximum absolute atomic E-state index is 12.4. The smallest absolute Gasteiger partial charge is 0.321 e. The number of carbonyl (C=O) groups is 3. The number of carbonyl (C=O) groups excluding carboxylic acids is 3. The number of aryl methyl sites for hydroxylation is 1. The third kappa shape index (κ3) is 8.15. The number of rotatable bonds is 9. The molecule has 2 heterocycles. The number of hydrogen-bond acceptors (Lipinski definition) is 5. The van der Waals surface area contributed by atoms with Crippen molar-refractivity contribution in [2.45, 2.75) is 25.7 Å². The Morgan fingerprint density at radius 3 is 2.42 bits per heavy atom. The van der Waals surface area contributed by atoms with Gasteiger partial charge < -0.3 is 10.2 Å². The van der Waals surface area contributed by atoms with Gasteiger partial charge in [0.05, 0.1) is 6.54 Å². The first kappa shape index (κ1) is 23.0. The van der Waals surface area contributed by atoms with Gasteiger partial charge in [0.1, 0.15) is 0 Å². The molecule has 0 aliphatic carbocycles. The average molecular weight is 443 g/mol. The molecule has 0 radical (unpaired) electrons. The molecule has 0 spiro atoms. The quantitative estimate of drug-likeness (QED) is 0.624. The molecular weight excluding hydrogens is 412 g/mol. The number of amides is 4. The van der Waals surface area contributed by atoms with E-state index in [0.29, 0.717) is 39.1 Å². The zero-order valence-electron chi connectivity index (χ0n) is 17.7. The highest BCUT2D eigenvalue weighted by Crippen LogP contribution is 2.09. The van der Waals surface area contributed by atoms with E-state index in [9.17, 15) is 14.4 Å². The lowest BCUT2D eigenvalue weighted by atomic mass is 10.1. The van der Waals surface area contributed by atoms with Crippen LogP contribution in [0.1, 0.15) is 23.3 Å². The summed E-state index contributed by atoms with van der Waals surface area (Å²) in [7, 11) is 0. The topological polar surface area (TPSA) is 81.8 Å². The second-order valence-corrected chi connectivity index (χ2v) is 8.66. The van der Waals surface area contributed by atoms with Crippen LogP contribution >= 0.6 is 11.3 Å². The highest BCUT2D eigenvalue weighted by Gasteiger charge is 2.22. The molecule has 8 heteroatoms. The summed E-state index contributed by atoms with van der Waals surface area (Å²) in [5, 5.41) is 7.08. The minimum absolute atomic E-state index is 0.161. The van der Waals surface area contributed by atoms with Crippen molar-refractivity contribution in [1.82, 2.24) is 20.4 Å². The molecule has 1 aromatic carbocycles. The van der Waals surface area contributed by atoms with E-state index in [1.165, 1.54) is 10.4 Å². The standard InChI is InChI=1S/C23H30N4O3S/c28-21(25-23(30)24-12-11-20-9-5-17-31-20)18-26-13-15-27(16-14-26)22(29)10-4-8-19-6-2-1-3-7-19/h1-3,5-7,9,17H,4,8,10-16,18H2,(H2,24,25,28,30). The number of nitrogens with one attached hydrogen (secondary N) is 2. The number of imide groups is 1. The average Bonchev–Trinajstić information content (AvgIpc) is 3.28. The van der Waals surface area contributed by atoms with Crippen LogP contribution < -0.4 is 10.6 Å². The minimum atomic E-state index is -0.464. The molecule has 3 rings (SSSR count). The number of thiophene rings is 1. The molecule has 31 heavy (non-hydrogen) atoms. The van der Waals surface area contributed by atoms with E-state index >= 15 is 0 Å². The highest BCUT2D eigenvalue weighted by molar-refractivity contribution is 7.09.